The molecule has 2 amide bonds. The number of carbonyl (C=O) groups is 3. The van der Waals surface area contributed by atoms with Gasteiger partial charge in [-0.3, -0.25) is 14.5 Å². The van der Waals surface area contributed by atoms with E-state index in [9.17, 15) is 19.5 Å². The fourth-order valence-corrected chi connectivity index (χ4v) is 6.42. The first-order valence-corrected chi connectivity index (χ1v) is 12.5. The van der Waals surface area contributed by atoms with Crippen LogP contribution in [0.1, 0.15) is 17.2 Å². The number of carbonyl (C=O) groups excluding carboxylic acids is 2. The molecule has 14 heteroatoms. The molecule has 0 spiro atoms. The highest BCUT2D eigenvalue weighted by atomic mass is 32.2. The van der Waals surface area contributed by atoms with E-state index in [2.05, 4.69) is 20.8 Å². The molecule has 4 heterocycles. The number of benzene rings is 1. The van der Waals surface area contributed by atoms with Gasteiger partial charge in [0.25, 0.3) is 5.91 Å². The molecular weight excluding hydrogens is 482 g/mol. The number of nitrogens with one attached hydrogen (secondary N) is 1. The van der Waals surface area contributed by atoms with Gasteiger partial charge in [-0.05, 0) is 39.3 Å². The minimum atomic E-state index is -1.19. The summed E-state index contributed by atoms with van der Waals surface area (Å²) in [4.78, 5) is 39.0. The first kappa shape index (κ1) is 22.7. The standard InChI is InChI=1S/C20H21N7O5S2/c1-26-20(23-24-25-26)34-8-11-7-33-18-14(17(29)27(18)15(11)19(30)31)22-16(28)13(21)10-2-3-12-9(6-10)4-5-32-12/h2-3,6,13-14,18H,4-5,7-8,21H2,1H3,(H,22,28)(H,30,31). The zero-order chi connectivity index (χ0) is 24.0. The van der Waals surface area contributed by atoms with Crippen LogP contribution in [0.5, 0.6) is 5.75 Å². The van der Waals surface area contributed by atoms with E-state index in [-0.39, 0.29) is 5.70 Å². The number of tetrazole rings is 1. The lowest BCUT2D eigenvalue weighted by Crippen LogP contribution is -2.71. The van der Waals surface area contributed by atoms with Crippen LogP contribution in [0.3, 0.4) is 0 Å². The van der Waals surface area contributed by atoms with Crippen LogP contribution >= 0.6 is 23.5 Å². The van der Waals surface area contributed by atoms with Crippen LogP contribution in [-0.2, 0) is 27.9 Å². The molecule has 34 heavy (non-hydrogen) atoms. The van der Waals surface area contributed by atoms with Crippen LogP contribution in [0.2, 0.25) is 0 Å². The van der Waals surface area contributed by atoms with Gasteiger partial charge in [0, 0.05) is 25.0 Å². The number of carboxylic acid groups (broad SMARTS) is 1. The predicted molar refractivity (Wildman–Crippen MR) is 122 cm³/mol. The van der Waals surface area contributed by atoms with Crippen LogP contribution < -0.4 is 15.8 Å². The Balaban J connectivity index is 1.27. The molecule has 178 valence electrons. The second kappa shape index (κ2) is 8.92. The van der Waals surface area contributed by atoms with Crippen molar-refractivity contribution in [2.45, 2.75) is 29.0 Å². The van der Waals surface area contributed by atoms with Crippen LogP contribution in [0.4, 0.5) is 0 Å². The summed E-state index contributed by atoms with van der Waals surface area (Å²) in [5, 5.41) is 23.7. The number of ether oxygens (including phenoxy) is 1. The van der Waals surface area contributed by atoms with E-state index in [0.29, 0.717) is 34.4 Å². The zero-order valence-corrected chi connectivity index (χ0v) is 19.6. The van der Waals surface area contributed by atoms with Crippen molar-refractivity contribution >= 4 is 41.3 Å². The van der Waals surface area contributed by atoms with Gasteiger partial charge >= 0.3 is 5.97 Å². The third-order valence-corrected chi connectivity index (χ3v) is 8.30. The topological polar surface area (TPSA) is 166 Å². The Hall–Kier alpha value is -3.10. The van der Waals surface area contributed by atoms with E-state index in [1.807, 2.05) is 6.07 Å². The Morgan fingerprint density at radius 1 is 1.44 bits per heavy atom. The maximum atomic E-state index is 12.9. The molecule has 4 N–H and O–H groups in total. The third-order valence-electron chi connectivity index (χ3n) is 5.86. The quantitative estimate of drug-likeness (QED) is 0.335. The number of β-lactam (4-membered cyclic amide) rings is 1. The highest BCUT2D eigenvalue weighted by molar-refractivity contribution is 8.01. The maximum absolute atomic E-state index is 12.9. The highest BCUT2D eigenvalue weighted by Gasteiger charge is 2.54. The summed E-state index contributed by atoms with van der Waals surface area (Å²) in [5.74, 6) is -0.639. The number of fused-ring (bicyclic) bond motifs is 2. The molecule has 12 nitrogen and oxygen atoms in total. The molecule has 0 aliphatic carbocycles. The van der Waals surface area contributed by atoms with Crippen molar-refractivity contribution in [3.05, 3.63) is 40.6 Å². The minimum absolute atomic E-state index is 0.0511. The molecule has 1 saturated heterocycles. The molecule has 0 bridgehead atoms. The van der Waals surface area contributed by atoms with Gasteiger partial charge in [0.15, 0.2) is 0 Å². The monoisotopic (exact) mass is 503 g/mol. The lowest BCUT2D eigenvalue weighted by molar-refractivity contribution is -0.150. The van der Waals surface area contributed by atoms with Crippen molar-refractivity contribution in [1.82, 2.24) is 30.4 Å². The Bertz CT molecular complexity index is 1220. The van der Waals surface area contributed by atoms with Crippen LogP contribution in [0.15, 0.2) is 34.6 Å². The maximum Gasteiger partial charge on any atom is 0.352 e. The summed E-state index contributed by atoms with van der Waals surface area (Å²) < 4.78 is 6.97. The van der Waals surface area contributed by atoms with Crippen molar-refractivity contribution in [3.63, 3.8) is 0 Å². The second-order valence-electron chi connectivity index (χ2n) is 7.97. The summed E-state index contributed by atoms with van der Waals surface area (Å²) >= 11 is 2.69. The first-order valence-electron chi connectivity index (χ1n) is 10.4. The number of aliphatic carboxylic acids is 1. The Morgan fingerprint density at radius 3 is 3.00 bits per heavy atom. The lowest BCUT2D eigenvalue weighted by Gasteiger charge is -2.49. The van der Waals surface area contributed by atoms with Crippen LogP contribution in [-0.4, -0.2) is 77.5 Å². The van der Waals surface area contributed by atoms with Gasteiger partial charge in [0.2, 0.25) is 11.1 Å². The van der Waals surface area contributed by atoms with Crippen molar-refractivity contribution in [1.29, 1.82) is 0 Å². The number of aryl methyl sites for hydroxylation is 1. The van der Waals surface area contributed by atoms with E-state index in [1.165, 1.54) is 33.1 Å². The van der Waals surface area contributed by atoms with Gasteiger partial charge in [-0.1, -0.05) is 17.8 Å². The number of nitrogens with two attached hydrogens (primary N) is 1. The number of hydrogen-bond acceptors (Lipinski definition) is 10. The van der Waals surface area contributed by atoms with Crippen molar-refractivity contribution in [2.24, 2.45) is 12.8 Å². The van der Waals surface area contributed by atoms with Gasteiger partial charge in [0.1, 0.15) is 28.9 Å². The molecule has 5 rings (SSSR count). The smallest absolute Gasteiger partial charge is 0.352 e. The van der Waals surface area contributed by atoms with Crippen molar-refractivity contribution < 1.29 is 24.2 Å². The Labute approximate surface area is 202 Å². The molecule has 3 unspecified atom stereocenters. The summed E-state index contributed by atoms with van der Waals surface area (Å²) in [5.41, 5.74) is 8.33. The minimum Gasteiger partial charge on any atom is -0.493 e. The van der Waals surface area contributed by atoms with Gasteiger partial charge in [0.05, 0.1) is 6.61 Å². The molecule has 2 aromatic rings. The summed E-state index contributed by atoms with van der Waals surface area (Å²) in [6.07, 6.45) is 0.754. The number of aromatic nitrogens is 4. The summed E-state index contributed by atoms with van der Waals surface area (Å²) in [6, 6.07) is 3.58. The van der Waals surface area contributed by atoms with Gasteiger partial charge in [-0.2, -0.15) is 0 Å². The van der Waals surface area contributed by atoms with Crippen molar-refractivity contribution in [3.8, 4) is 5.75 Å². The molecule has 1 aromatic heterocycles. The average molecular weight is 504 g/mol. The SMILES string of the molecule is Cn1nnnc1SCC1=C(C(=O)O)N2C(=O)C(NC(=O)C(N)c3ccc4c(c3)CCO4)C2SC1. The van der Waals surface area contributed by atoms with Gasteiger partial charge < -0.3 is 20.9 Å². The average Bonchev–Trinajstić information content (AvgIpc) is 3.47. The number of carboxylic acids is 1. The Kier molecular flexibility index (Phi) is 5.95. The predicted octanol–water partition coefficient (Wildman–Crippen LogP) is -0.324. The molecule has 3 aliphatic rings. The van der Waals surface area contributed by atoms with E-state index in [4.69, 9.17) is 10.5 Å². The summed E-state index contributed by atoms with van der Waals surface area (Å²) in [7, 11) is 1.69. The molecule has 0 radical (unpaired) electrons. The van der Waals surface area contributed by atoms with E-state index < -0.39 is 35.2 Å². The second-order valence-corrected chi connectivity index (χ2v) is 10.0. The normalized spacial score (nSPS) is 21.9. The number of thioether (sulfide) groups is 2. The lowest BCUT2D eigenvalue weighted by atomic mass is 10.00. The van der Waals surface area contributed by atoms with Crippen LogP contribution in [0.25, 0.3) is 0 Å². The zero-order valence-electron chi connectivity index (χ0n) is 18.0. The van der Waals surface area contributed by atoms with E-state index in [0.717, 1.165) is 17.7 Å². The fraction of sp³-hybridized carbons (Fsp3) is 0.400. The molecule has 3 atom stereocenters. The number of nitrogens with zero attached hydrogens (tertiary/aromatic N) is 5. The van der Waals surface area contributed by atoms with E-state index >= 15 is 0 Å². The molecule has 0 saturated carbocycles. The van der Waals surface area contributed by atoms with Gasteiger partial charge in [-0.15, -0.1) is 16.9 Å². The highest BCUT2D eigenvalue weighted by Crippen LogP contribution is 2.41. The molecule has 1 aromatic carbocycles. The molecule has 3 aliphatic heterocycles. The van der Waals surface area contributed by atoms with Crippen molar-refractivity contribution in [2.75, 3.05) is 18.1 Å². The van der Waals surface area contributed by atoms with Crippen LogP contribution in [0, 0.1) is 0 Å². The Morgan fingerprint density at radius 2 is 2.26 bits per heavy atom. The molecule has 1 fully saturated rings. The van der Waals surface area contributed by atoms with Gasteiger partial charge in [-0.25, -0.2) is 9.48 Å². The van der Waals surface area contributed by atoms with E-state index in [1.54, 1.807) is 19.2 Å². The number of rotatable bonds is 7. The number of hydrogen-bond donors (Lipinski definition) is 3. The molecular formula is C20H21N7O5S2. The fourth-order valence-electron chi connectivity index (χ4n) is 4.08. The summed E-state index contributed by atoms with van der Waals surface area (Å²) in [6.45, 7) is 0.598. The largest absolute Gasteiger partial charge is 0.493 e. The third kappa shape index (κ3) is 3.91. The number of amides is 2. The first-order chi connectivity index (χ1) is 16.3.